The van der Waals surface area contributed by atoms with Crippen molar-refractivity contribution in [1.82, 2.24) is 19.7 Å². The van der Waals surface area contributed by atoms with Crippen LogP contribution in [0.15, 0.2) is 53.0 Å². The minimum atomic E-state index is 0.276. The Bertz CT molecular complexity index is 1220. The number of fused-ring (bicyclic) bond motifs is 1. The first-order valence-electron chi connectivity index (χ1n) is 9.73. The van der Waals surface area contributed by atoms with Crippen LogP contribution >= 0.6 is 23.1 Å². The average molecular weight is 452 g/mol. The monoisotopic (exact) mass is 451 g/mol. The van der Waals surface area contributed by atoms with Crippen LogP contribution in [-0.2, 0) is 12.8 Å². The molecule has 0 radical (unpaired) electrons. The summed E-state index contributed by atoms with van der Waals surface area (Å²) in [6.07, 6.45) is 0. The molecule has 0 aliphatic carbocycles. The number of anilines is 1. The van der Waals surface area contributed by atoms with Crippen molar-refractivity contribution in [3.63, 3.8) is 0 Å². The zero-order chi connectivity index (χ0) is 21.4. The Labute approximate surface area is 188 Å². The number of hydrogen-bond donors (Lipinski definition) is 0. The first-order valence-corrected chi connectivity index (χ1v) is 11.6. The van der Waals surface area contributed by atoms with Gasteiger partial charge in [-0.05, 0) is 42.5 Å². The molecule has 4 aromatic rings. The number of ether oxygens (including phenoxy) is 2. The first-order chi connectivity index (χ1) is 15.1. The van der Waals surface area contributed by atoms with E-state index in [1.54, 1.807) is 23.1 Å². The molecule has 0 N–H and O–H groups in total. The topological polar surface area (TPSA) is 65.3 Å². The summed E-state index contributed by atoms with van der Waals surface area (Å²) in [5.41, 5.74) is 4.25. The quantitative estimate of drug-likeness (QED) is 0.394. The summed E-state index contributed by atoms with van der Waals surface area (Å²) < 4.78 is 12.9. The minimum Gasteiger partial charge on any atom is -0.454 e. The third-order valence-electron chi connectivity index (χ3n) is 5.00. The Balaban J connectivity index is 1.28. The van der Waals surface area contributed by atoms with Crippen LogP contribution < -0.4 is 14.4 Å². The maximum atomic E-state index is 5.47. The molecule has 1 aliphatic rings. The van der Waals surface area contributed by atoms with Gasteiger partial charge in [-0.15, -0.1) is 21.5 Å². The lowest BCUT2D eigenvalue weighted by Crippen LogP contribution is -2.08. The van der Waals surface area contributed by atoms with Gasteiger partial charge in [-0.3, -0.25) is 0 Å². The molecule has 0 saturated heterocycles. The smallest absolute Gasteiger partial charge is 0.231 e. The number of thioether (sulfide) groups is 1. The van der Waals surface area contributed by atoms with Crippen molar-refractivity contribution in [3.05, 3.63) is 53.5 Å². The Morgan fingerprint density at radius 2 is 1.81 bits per heavy atom. The van der Waals surface area contributed by atoms with Gasteiger partial charge in [-0.1, -0.05) is 11.8 Å². The van der Waals surface area contributed by atoms with E-state index in [1.165, 1.54) is 0 Å². The second kappa shape index (κ2) is 8.24. The highest BCUT2D eigenvalue weighted by atomic mass is 32.2. The Morgan fingerprint density at radius 3 is 2.61 bits per heavy atom. The summed E-state index contributed by atoms with van der Waals surface area (Å²) >= 11 is 3.26. The van der Waals surface area contributed by atoms with E-state index in [0.29, 0.717) is 0 Å². The van der Waals surface area contributed by atoms with E-state index >= 15 is 0 Å². The highest BCUT2D eigenvalue weighted by molar-refractivity contribution is 7.98. The molecule has 7 nitrogen and oxygen atoms in total. The van der Waals surface area contributed by atoms with E-state index in [0.717, 1.165) is 55.7 Å². The standard InChI is InChI=1S/C22H21N5O2S2/c1-26(2)17-7-4-14(5-8-17)20-24-25-22(27(20)3)31-12-16-11-30-21(23-16)15-6-9-18-19(10-15)29-13-28-18/h4-11H,12-13H2,1-3H3. The van der Waals surface area contributed by atoms with E-state index in [1.807, 2.05) is 43.9 Å². The minimum absolute atomic E-state index is 0.276. The molecule has 3 heterocycles. The van der Waals surface area contributed by atoms with Crippen LogP contribution in [0.5, 0.6) is 11.5 Å². The lowest BCUT2D eigenvalue weighted by Gasteiger charge is -2.12. The van der Waals surface area contributed by atoms with E-state index < -0.39 is 0 Å². The molecule has 0 spiro atoms. The van der Waals surface area contributed by atoms with Crippen LogP contribution in [-0.4, -0.2) is 40.6 Å². The molecule has 0 atom stereocenters. The van der Waals surface area contributed by atoms with Crippen LogP contribution in [0.4, 0.5) is 5.69 Å². The maximum absolute atomic E-state index is 5.47. The van der Waals surface area contributed by atoms with E-state index in [2.05, 4.69) is 44.7 Å². The van der Waals surface area contributed by atoms with Crippen molar-refractivity contribution >= 4 is 28.8 Å². The molecule has 158 valence electrons. The van der Waals surface area contributed by atoms with Gasteiger partial charge in [0.05, 0.1) is 5.69 Å². The predicted octanol–water partition coefficient (Wildman–Crippen LogP) is 4.69. The normalized spacial score (nSPS) is 12.4. The summed E-state index contributed by atoms with van der Waals surface area (Å²) in [6, 6.07) is 14.2. The summed E-state index contributed by atoms with van der Waals surface area (Å²) in [6.45, 7) is 0.276. The molecule has 9 heteroatoms. The van der Waals surface area contributed by atoms with Crippen molar-refractivity contribution in [3.8, 4) is 33.5 Å². The first kappa shape index (κ1) is 19.9. The maximum Gasteiger partial charge on any atom is 0.231 e. The van der Waals surface area contributed by atoms with Crippen molar-refractivity contribution < 1.29 is 9.47 Å². The lowest BCUT2D eigenvalue weighted by atomic mass is 10.2. The van der Waals surface area contributed by atoms with Crippen molar-refractivity contribution in [2.75, 3.05) is 25.8 Å². The van der Waals surface area contributed by atoms with Gasteiger partial charge in [-0.2, -0.15) is 0 Å². The Kier molecular flexibility index (Phi) is 5.29. The van der Waals surface area contributed by atoms with E-state index in [4.69, 9.17) is 14.5 Å². The van der Waals surface area contributed by atoms with E-state index in [9.17, 15) is 0 Å². The molecule has 5 rings (SSSR count). The highest BCUT2D eigenvalue weighted by Gasteiger charge is 2.16. The number of rotatable bonds is 6. The number of benzene rings is 2. The van der Waals surface area contributed by atoms with Crippen molar-refractivity contribution in [2.24, 2.45) is 7.05 Å². The second-order valence-corrected chi connectivity index (χ2v) is 9.11. The van der Waals surface area contributed by atoms with Crippen LogP contribution in [0.3, 0.4) is 0 Å². The largest absolute Gasteiger partial charge is 0.454 e. The van der Waals surface area contributed by atoms with Crippen LogP contribution in [0.25, 0.3) is 22.0 Å². The molecule has 0 bridgehead atoms. The molecular formula is C22H21N5O2S2. The molecule has 2 aromatic carbocycles. The number of thiazole rings is 1. The Hall–Kier alpha value is -3.04. The van der Waals surface area contributed by atoms with Gasteiger partial charge in [0, 0.05) is 49.1 Å². The van der Waals surface area contributed by atoms with Crippen LogP contribution in [0.2, 0.25) is 0 Å². The number of hydrogen-bond acceptors (Lipinski definition) is 8. The van der Waals surface area contributed by atoms with E-state index in [-0.39, 0.29) is 6.79 Å². The fourth-order valence-corrected chi connectivity index (χ4v) is 5.00. The number of aromatic nitrogens is 4. The molecule has 0 unspecified atom stereocenters. The number of nitrogens with zero attached hydrogens (tertiary/aromatic N) is 5. The van der Waals surface area contributed by atoms with Crippen molar-refractivity contribution in [1.29, 1.82) is 0 Å². The fraction of sp³-hybridized carbons (Fsp3) is 0.227. The summed E-state index contributed by atoms with van der Waals surface area (Å²) in [4.78, 5) is 6.86. The highest BCUT2D eigenvalue weighted by Crippen LogP contribution is 2.37. The van der Waals surface area contributed by atoms with Gasteiger partial charge in [0.15, 0.2) is 22.5 Å². The molecule has 31 heavy (non-hydrogen) atoms. The summed E-state index contributed by atoms with van der Waals surface area (Å²) in [5.74, 6) is 3.14. The molecule has 0 fully saturated rings. The van der Waals surface area contributed by atoms with Gasteiger partial charge >= 0.3 is 0 Å². The molecular weight excluding hydrogens is 430 g/mol. The fourth-order valence-electron chi connectivity index (χ4n) is 3.27. The zero-order valence-electron chi connectivity index (χ0n) is 17.4. The van der Waals surface area contributed by atoms with Gasteiger partial charge in [0.2, 0.25) is 6.79 Å². The van der Waals surface area contributed by atoms with Gasteiger partial charge < -0.3 is 18.9 Å². The third kappa shape index (κ3) is 3.98. The third-order valence-corrected chi connectivity index (χ3v) is 6.99. The van der Waals surface area contributed by atoms with Crippen LogP contribution in [0.1, 0.15) is 5.69 Å². The predicted molar refractivity (Wildman–Crippen MR) is 124 cm³/mol. The SMILES string of the molecule is CN(C)c1ccc(-c2nnc(SCc3csc(-c4ccc5c(c4)OCO5)n3)n2C)cc1. The summed E-state index contributed by atoms with van der Waals surface area (Å²) in [7, 11) is 6.06. The molecule has 0 amide bonds. The van der Waals surface area contributed by atoms with Gasteiger partial charge in [-0.25, -0.2) is 4.98 Å². The zero-order valence-corrected chi connectivity index (χ0v) is 19.0. The second-order valence-electron chi connectivity index (χ2n) is 7.31. The van der Waals surface area contributed by atoms with Crippen LogP contribution in [0, 0.1) is 0 Å². The van der Waals surface area contributed by atoms with Crippen molar-refractivity contribution in [2.45, 2.75) is 10.9 Å². The van der Waals surface area contributed by atoms with Gasteiger partial charge in [0.1, 0.15) is 5.01 Å². The molecule has 1 aliphatic heterocycles. The Morgan fingerprint density at radius 1 is 1.03 bits per heavy atom. The summed E-state index contributed by atoms with van der Waals surface area (Å²) in [5, 5.41) is 12.7. The molecule has 0 saturated carbocycles. The van der Waals surface area contributed by atoms with Gasteiger partial charge in [0.25, 0.3) is 0 Å². The molecule has 2 aromatic heterocycles. The average Bonchev–Trinajstić information content (AvgIpc) is 3.52. The lowest BCUT2D eigenvalue weighted by molar-refractivity contribution is 0.174.